The summed E-state index contributed by atoms with van der Waals surface area (Å²) in [5, 5.41) is 11.5. The van der Waals surface area contributed by atoms with E-state index in [1.54, 1.807) is 12.2 Å². The minimum atomic E-state index is -1.02. The molecule has 0 aliphatic heterocycles. The van der Waals surface area contributed by atoms with Gasteiger partial charge in [0.15, 0.2) is 0 Å². The lowest BCUT2D eigenvalue weighted by Crippen LogP contribution is -2.41. The zero-order valence-corrected chi connectivity index (χ0v) is 11.5. The van der Waals surface area contributed by atoms with Gasteiger partial charge in [-0.3, -0.25) is 4.79 Å². The molecule has 0 heterocycles. The SMILES string of the molecule is C/C=C/CC(NC(=O)CSc1ccccc1)C(=O)O. The van der Waals surface area contributed by atoms with Crippen molar-refractivity contribution in [1.29, 1.82) is 0 Å². The van der Waals surface area contributed by atoms with E-state index in [0.29, 0.717) is 6.42 Å². The van der Waals surface area contributed by atoms with Crippen molar-refractivity contribution >= 4 is 23.6 Å². The van der Waals surface area contributed by atoms with Gasteiger partial charge in [-0.2, -0.15) is 0 Å². The summed E-state index contributed by atoms with van der Waals surface area (Å²) in [4.78, 5) is 23.6. The van der Waals surface area contributed by atoms with Gasteiger partial charge in [-0.15, -0.1) is 11.8 Å². The number of hydrogen-bond donors (Lipinski definition) is 2. The Labute approximate surface area is 116 Å². The molecule has 5 heteroatoms. The largest absolute Gasteiger partial charge is 0.480 e. The van der Waals surface area contributed by atoms with Crippen molar-refractivity contribution in [1.82, 2.24) is 5.32 Å². The van der Waals surface area contributed by atoms with Gasteiger partial charge in [-0.1, -0.05) is 30.4 Å². The van der Waals surface area contributed by atoms with Crippen LogP contribution in [-0.4, -0.2) is 28.8 Å². The molecule has 0 aliphatic carbocycles. The lowest BCUT2D eigenvalue weighted by atomic mass is 10.2. The van der Waals surface area contributed by atoms with Crippen molar-refractivity contribution in [2.24, 2.45) is 0 Å². The topological polar surface area (TPSA) is 66.4 Å². The van der Waals surface area contributed by atoms with Crippen molar-refractivity contribution in [3.05, 3.63) is 42.5 Å². The van der Waals surface area contributed by atoms with Crippen LogP contribution in [0.3, 0.4) is 0 Å². The second-order valence-corrected chi connectivity index (χ2v) is 4.91. The zero-order valence-electron chi connectivity index (χ0n) is 10.7. The highest BCUT2D eigenvalue weighted by Gasteiger charge is 2.18. The summed E-state index contributed by atoms with van der Waals surface area (Å²) in [6.45, 7) is 1.81. The van der Waals surface area contributed by atoms with Crippen molar-refractivity contribution in [2.45, 2.75) is 24.3 Å². The van der Waals surface area contributed by atoms with Gasteiger partial charge in [0, 0.05) is 4.90 Å². The predicted octanol–water partition coefficient (Wildman–Crippen LogP) is 2.31. The molecule has 2 N–H and O–H groups in total. The fourth-order valence-electron chi connectivity index (χ4n) is 1.40. The third kappa shape index (κ3) is 6.10. The highest BCUT2D eigenvalue weighted by molar-refractivity contribution is 8.00. The number of hydrogen-bond acceptors (Lipinski definition) is 3. The number of carboxylic acids is 1. The number of carbonyl (C=O) groups is 2. The minimum absolute atomic E-state index is 0.212. The van der Waals surface area contributed by atoms with Crippen LogP contribution in [-0.2, 0) is 9.59 Å². The summed E-state index contributed by atoms with van der Waals surface area (Å²) in [6.07, 6.45) is 3.79. The molecule has 0 saturated carbocycles. The summed E-state index contributed by atoms with van der Waals surface area (Å²) in [5.74, 6) is -1.08. The van der Waals surface area contributed by atoms with E-state index in [0.717, 1.165) is 4.90 Å². The van der Waals surface area contributed by atoms with Crippen LogP contribution in [0.1, 0.15) is 13.3 Å². The lowest BCUT2D eigenvalue weighted by Gasteiger charge is -2.12. The Morgan fingerprint density at radius 2 is 2.05 bits per heavy atom. The fourth-order valence-corrected chi connectivity index (χ4v) is 2.13. The van der Waals surface area contributed by atoms with E-state index in [2.05, 4.69) is 5.32 Å². The van der Waals surface area contributed by atoms with Crippen LogP contribution in [0.2, 0.25) is 0 Å². The average Bonchev–Trinajstić information content (AvgIpc) is 2.42. The molecule has 1 unspecified atom stereocenters. The summed E-state index contributed by atoms with van der Waals surface area (Å²) < 4.78 is 0. The quantitative estimate of drug-likeness (QED) is 0.594. The van der Waals surface area contributed by atoms with Crippen LogP contribution in [0.5, 0.6) is 0 Å². The number of allylic oxidation sites excluding steroid dienone is 1. The Bertz CT molecular complexity index is 445. The number of aliphatic carboxylic acids is 1. The van der Waals surface area contributed by atoms with Crippen LogP contribution in [0.15, 0.2) is 47.4 Å². The van der Waals surface area contributed by atoms with E-state index >= 15 is 0 Å². The Morgan fingerprint density at radius 3 is 2.63 bits per heavy atom. The summed E-state index contributed by atoms with van der Waals surface area (Å²) in [6, 6.07) is 8.65. The Balaban J connectivity index is 2.42. The molecule has 0 radical (unpaired) electrons. The van der Waals surface area contributed by atoms with E-state index in [1.165, 1.54) is 11.8 Å². The van der Waals surface area contributed by atoms with Crippen molar-refractivity contribution < 1.29 is 14.7 Å². The van der Waals surface area contributed by atoms with Crippen molar-refractivity contribution in [3.63, 3.8) is 0 Å². The summed E-state index contributed by atoms with van der Waals surface area (Å²) in [7, 11) is 0. The fraction of sp³-hybridized carbons (Fsp3) is 0.286. The molecule has 0 fully saturated rings. The van der Waals surface area contributed by atoms with E-state index in [4.69, 9.17) is 5.11 Å². The standard InChI is InChI=1S/C14H17NO3S/c1-2-3-9-12(14(17)18)15-13(16)10-19-11-7-5-4-6-8-11/h2-8,12H,9-10H2,1H3,(H,15,16)(H,17,18)/b3-2+. The molecule has 1 amide bonds. The molecule has 0 aliphatic rings. The normalized spacial score (nSPS) is 12.3. The molecule has 19 heavy (non-hydrogen) atoms. The summed E-state index contributed by atoms with van der Waals surface area (Å²) in [5.41, 5.74) is 0. The molecule has 1 rings (SSSR count). The predicted molar refractivity (Wildman–Crippen MR) is 76.2 cm³/mol. The van der Waals surface area contributed by atoms with Crippen LogP contribution >= 0.6 is 11.8 Å². The van der Waals surface area contributed by atoms with Crippen LogP contribution in [0.25, 0.3) is 0 Å². The molecular weight excluding hydrogens is 262 g/mol. The maximum atomic E-state index is 11.7. The van der Waals surface area contributed by atoms with Gasteiger partial charge in [0.1, 0.15) is 6.04 Å². The molecule has 1 aromatic carbocycles. The van der Waals surface area contributed by atoms with E-state index in [9.17, 15) is 9.59 Å². The molecule has 102 valence electrons. The number of thioether (sulfide) groups is 1. The number of rotatable bonds is 7. The van der Waals surface area contributed by atoms with Gasteiger partial charge in [0.05, 0.1) is 5.75 Å². The van der Waals surface area contributed by atoms with Crippen molar-refractivity contribution in [2.75, 3.05) is 5.75 Å². The Morgan fingerprint density at radius 1 is 1.37 bits per heavy atom. The van der Waals surface area contributed by atoms with E-state index in [1.807, 2.05) is 37.3 Å². The number of carbonyl (C=O) groups excluding carboxylic acids is 1. The van der Waals surface area contributed by atoms with Crippen LogP contribution in [0, 0.1) is 0 Å². The smallest absolute Gasteiger partial charge is 0.326 e. The molecule has 0 aromatic heterocycles. The first-order chi connectivity index (χ1) is 9.13. The third-order valence-corrected chi connectivity index (χ3v) is 3.37. The maximum Gasteiger partial charge on any atom is 0.326 e. The molecule has 0 saturated heterocycles. The van der Waals surface area contributed by atoms with Crippen LogP contribution < -0.4 is 5.32 Å². The van der Waals surface area contributed by atoms with Gasteiger partial charge < -0.3 is 10.4 Å². The first-order valence-corrected chi connectivity index (χ1v) is 6.93. The first kappa shape index (κ1) is 15.3. The maximum absolute atomic E-state index is 11.7. The molecule has 0 spiro atoms. The van der Waals surface area contributed by atoms with Gasteiger partial charge in [-0.05, 0) is 25.5 Å². The summed E-state index contributed by atoms with van der Waals surface area (Å²) >= 11 is 1.38. The van der Waals surface area contributed by atoms with Gasteiger partial charge in [-0.25, -0.2) is 4.79 Å². The number of carboxylic acid groups (broad SMARTS) is 1. The van der Waals surface area contributed by atoms with Crippen molar-refractivity contribution in [3.8, 4) is 0 Å². The third-order valence-electron chi connectivity index (χ3n) is 2.35. The second-order valence-electron chi connectivity index (χ2n) is 3.86. The molecule has 4 nitrogen and oxygen atoms in total. The number of benzene rings is 1. The van der Waals surface area contributed by atoms with Gasteiger partial charge in [0.25, 0.3) is 0 Å². The van der Waals surface area contributed by atoms with Gasteiger partial charge >= 0.3 is 5.97 Å². The van der Waals surface area contributed by atoms with E-state index < -0.39 is 12.0 Å². The number of amides is 1. The minimum Gasteiger partial charge on any atom is -0.480 e. The second kappa shape index (κ2) is 8.37. The highest BCUT2D eigenvalue weighted by Crippen LogP contribution is 2.16. The average molecular weight is 279 g/mol. The zero-order chi connectivity index (χ0) is 14.1. The molecule has 1 atom stereocenters. The number of nitrogens with one attached hydrogen (secondary N) is 1. The molecule has 0 bridgehead atoms. The Kier molecular flexibility index (Phi) is 6.74. The first-order valence-electron chi connectivity index (χ1n) is 5.94. The molecule has 1 aromatic rings. The van der Waals surface area contributed by atoms with Gasteiger partial charge in [0.2, 0.25) is 5.91 Å². The van der Waals surface area contributed by atoms with Crippen LogP contribution in [0.4, 0.5) is 0 Å². The lowest BCUT2D eigenvalue weighted by molar-refractivity contribution is -0.141. The van der Waals surface area contributed by atoms with E-state index in [-0.39, 0.29) is 11.7 Å². The highest BCUT2D eigenvalue weighted by atomic mass is 32.2. The molecular formula is C14H17NO3S. The monoisotopic (exact) mass is 279 g/mol. The Hall–Kier alpha value is -1.75.